The highest BCUT2D eigenvalue weighted by atomic mass is 16.5. The van der Waals surface area contributed by atoms with Crippen LogP contribution in [0, 0.1) is 11.3 Å². The summed E-state index contributed by atoms with van der Waals surface area (Å²) in [5.74, 6) is 0.852. The van der Waals surface area contributed by atoms with Crippen molar-refractivity contribution in [2.24, 2.45) is 0 Å². The van der Waals surface area contributed by atoms with Crippen molar-refractivity contribution in [1.82, 2.24) is 9.78 Å². The van der Waals surface area contributed by atoms with Crippen LogP contribution in [0.3, 0.4) is 0 Å². The minimum absolute atomic E-state index is 0.0544. The van der Waals surface area contributed by atoms with Crippen molar-refractivity contribution in [3.8, 4) is 11.8 Å². The van der Waals surface area contributed by atoms with Gasteiger partial charge in [0.05, 0.1) is 19.3 Å². The van der Waals surface area contributed by atoms with Gasteiger partial charge in [-0.05, 0) is 43.5 Å². The topological polar surface area (TPSA) is 106 Å². The van der Waals surface area contributed by atoms with Crippen molar-refractivity contribution < 1.29 is 14.3 Å². The van der Waals surface area contributed by atoms with E-state index in [1.807, 2.05) is 4.90 Å². The number of hydrogen-bond acceptors (Lipinski definition) is 7. The second-order valence-electron chi connectivity index (χ2n) is 6.71. The highest BCUT2D eigenvalue weighted by molar-refractivity contribution is 5.98. The fourth-order valence-electron chi connectivity index (χ4n) is 3.16. The number of nitriles is 1. The molecule has 4 rings (SSSR count). The maximum atomic E-state index is 12.9. The Morgan fingerprint density at radius 3 is 2.56 bits per heavy atom. The van der Waals surface area contributed by atoms with Crippen LogP contribution in [0.15, 0.2) is 24.3 Å². The maximum Gasteiger partial charge on any atom is 0.280 e. The Hall–Kier alpha value is -3.05. The number of hydrogen-bond donors (Lipinski definition) is 1. The Kier molecular flexibility index (Phi) is 4.69. The number of morpholine rings is 1. The second kappa shape index (κ2) is 7.29. The molecule has 0 bridgehead atoms. The predicted molar refractivity (Wildman–Crippen MR) is 98.8 cm³/mol. The molecule has 2 aliphatic rings. The third-order valence-corrected chi connectivity index (χ3v) is 4.97. The van der Waals surface area contributed by atoms with Gasteiger partial charge in [-0.2, -0.15) is 9.94 Å². The van der Waals surface area contributed by atoms with Gasteiger partial charge in [-0.1, -0.05) is 0 Å². The molecule has 1 aliphatic carbocycles. The van der Waals surface area contributed by atoms with E-state index >= 15 is 0 Å². The molecule has 1 saturated heterocycles. The Balaban J connectivity index is 1.57. The predicted octanol–water partition coefficient (Wildman–Crippen LogP) is 1.79. The number of anilines is 2. The standard InChI is InChI=1S/C19H21N5O3/c20-12-16-17(21)24(22-18(16)23-8-10-26-11-9-23)19(25)13-4-6-15(7-5-13)27-14-2-1-3-14/h4-7,14H,1-3,8-11,21H2. The Morgan fingerprint density at radius 2 is 1.96 bits per heavy atom. The number of nitrogen functional groups attached to an aromatic ring is 1. The molecule has 8 heteroatoms. The third-order valence-electron chi connectivity index (χ3n) is 4.97. The molecule has 8 nitrogen and oxygen atoms in total. The third kappa shape index (κ3) is 3.34. The molecule has 2 aromatic rings. The van der Waals surface area contributed by atoms with Gasteiger partial charge in [0.15, 0.2) is 11.6 Å². The van der Waals surface area contributed by atoms with Crippen LogP contribution in [0.1, 0.15) is 35.2 Å². The van der Waals surface area contributed by atoms with Crippen molar-refractivity contribution >= 4 is 17.5 Å². The monoisotopic (exact) mass is 367 g/mol. The molecule has 140 valence electrons. The van der Waals surface area contributed by atoms with Crippen molar-refractivity contribution in [3.05, 3.63) is 35.4 Å². The van der Waals surface area contributed by atoms with Crippen molar-refractivity contribution in [2.45, 2.75) is 25.4 Å². The molecule has 2 heterocycles. The van der Waals surface area contributed by atoms with Crippen LogP contribution in [0.4, 0.5) is 11.6 Å². The summed E-state index contributed by atoms with van der Waals surface area (Å²) in [4.78, 5) is 14.8. The van der Waals surface area contributed by atoms with Gasteiger partial charge in [0, 0.05) is 18.7 Å². The lowest BCUT2D eigenvalue weighted by Crippen LogP contribution is -2.37. The molecule has 2 fully saturated rings. The van der Waals surface area contributed by atoms with E-state index in [1.165, 1.54) is 6.42 Å². The lowest BCUT2D eigenvalue weighted by Gasteiger charge is -2.26. The molecule has 0 atom stereocenters. The first-order valence-electron chi connectivity index (χ1n) is 9.10. The van der Waals surface area contributed by atoms with Crippen molar-refractivity contribution in [1.29, 1.82) is 5.26 Å². The summed E-state index contributed by atoms with van der Waals surface area (Å²) in [6.45, 7) is 2.31. The van der Waals surface area contributed by atoms with E-state index in [1.54, 1.807) is 24.3 Å². The molecule has 0 spiro atoms. The Bertz CT molecular complexity index is 874. The number of benzene rings is 1. The quantitative estimate of drug-likeness (QED) is 0.878. The molecule has 0 unspecified atom stereocenters. The lowest BCUT2D eigenvalue weighted by atomic mass is 9.96. The first kappa shape index (κ1) is 17.4. The average molecular weight is 367 g/mol. The lowest BCUT2D eigenvalue weighted by molar-refractivity contribution is 0.0947. The fourth-order valence-corrected chi connectivity index (χ4v) is 3.16. The zero-order chi connectivity index (χ0) is 18.8. The molecule has 0 amide bonds. The summed E-state index contributed by atoms with van der Waals surface area (Å²) in [5.41, 5.74) is 6.71. The van der Waals surface area contributed by atoms with Crippen LogP contribution in [-0.2, 0) is 4.74 Å². The van der Waals surface area contributed by atoms with Gasteiger partial charge in [0.25, 0.3) is 5.91 Å². The van der Waals surface area contributed by atoms with Gasteiger partial charge in [0.2, 0.25) is 0 Å². The maximum absolute atomic E-state index is 12.9. The van der Waals surface area contributed by atoms with E-state index in [9.17, 15) is 10.1 Å². The van der Waals surface area contributed by atoms with Crippen LogP contribution in [0.25, 0.3) is 0 Å². The number of nitrogens with two attached hydrogens (primary N) is 1. The number of carbonyl (C=O) groups excluding carboxylic acids is 1. The van der Waals surface area contributed by atoms with E-state index in [0.29, 0.717) is 37.7 Å². The summed E-state index contributed by atoms with van der Waals surface area (Å²) in [7, 11) is 0. The molecular formula is C19H21N5O3. The van der Waals surface area contributed by atoms with Crippen molar-refractivity contribution in [3.63, 3.8) is 0 Å². The number of carbonyl (C=O) groups is 1. The molecule has 1 aromatic heterocycles. The first-order valence-corrected chi connectivity index (χ1v) is 9.10. The van der Waals surface area contributed by atoms with Crippen LogP contribution in [-0.4, -0.2) is 48.1 Å². The van der Waals surface area contributed by atoms with Gasteiger partial charge in [0.1, 0.15) is 17.4 Å². The minimum Gasteiger partial charge on any atom is -0.490 e. The highest BCUT2D eigenvalue weighted by Crippen LogP contribution is 2.27. The van der Waals surface area contributed by atoms with Gasteiger partial charge >= 0.3 is 0 Å². The van der Waals surface area contributed by atoms with E-state index in [0.717, 1.165) is 23.3 Å². The molecule has 27 heavy (non-hydrogen) atoms. The van der Waals surface area contributed by atoms with Crippen LogP contribution < -0.4 is 15.4 Å². The molecule has 1 aliphatic heterocycles. The largest absolute Gasteiger partial charge is 0.490 e. The molecule has 0 radical (unpaired) electrons. The smallest absolute Gasteiger partial charge is 0.280 e. The summed E-state index contributed by atoms with van der Waals surface area (Å²) < 4.78 is 12.2. The first-order chi connectivity index (χ1) is 13.2. The number of ether oxygens (including phenoxy) is 2. The highest BCUT2D eigenvalue weighted by Gasteiger charge is 2.26. The van der Waals surface area contributed by atoms with Crippen LogP contribution in [0.2, 0.25) is 0 Å². The van der Waals surface area contributed by atoms with Crippen molar-refractivity contribution in [2.75, 3.05) is 36.9 Å². The summed E-state index contributed by atoms with van der Waals surface area (Å²) in [6.07, 6.45) is 3.63. The van der Waals surface area contributed by atoms with Gasteiger partial charge < -0.3 is 20.1 Å². The molecule has 2 N–H and O–H groups in total. The Labute approximate surface area is 157 Å². The number of aromatic nitrogens is 2. The van der Waals surface area contributed by atoms with Gasteiger partial charge in [-0.25, -0.2) is 0 Å². The zero-order valence-corrected chi connectivity index (χ0v) is 14.9. The van der Waals surface area contributed by atoms with Crippen LogP contribution in [0.5, 0.6) is 5.75 Å². The molecule has 1 saturated carbocycles. The van der Waals surface area contributed by atoms with Crippen LogP contribution >= 0.6 is 0 Å². The van der Waals surface area contributed by atoms with E-state index in [2.05, 4.69) is 11.2 Å². The average Bonchev–Trinajstić information content (AvgIpc) is 3.01. The Morgan fingerprint density at radius 1 is 1.26 bits per heavy atom. The normalized spacial score (nSPS) is 17.2. The summed E-state index contributed by atoms with van der Waals surface area (Å²) in [6, 6.07) is 9.01. The second-order valence-corrected chi connectivity index (χ2v) is 6.71. The fraction of sp³-hybridized carbons (Fsp3) is 0.421. The summed E-state index contributed by atoms with van der Waals surface area (Å²) in [5, 5.41) is 13.8. The SMILES string of the molecule is N#Cc1c(N2CCOCC2)nn(C(=O)c2ccc(OC3CCC3)cc2)c1N. The number of nitrogens with zero attached hydrogens (tertiary/aromatic N) is 4. The van der Waals surface area contributed by atoms with Gasteiger partial charge in [-0.3, -0.25) is 4.79 Å². The van der Waals surface area contributed by atoms with E-state index in [4.69, 9.17) is 15.2 Å². The summed E-state index contributed by atoms with van der Waals surface area (Å²) >= 11 is 0. The van der Waals surface area contributed by atoms with E-state index in [-0.39, 0.29) is 23.4 Å². The zero-order valence-electron chi connectivity index (χ0n) is 14.9. The molecular weight excluding hydrogens is 346 g/mol. The van der Waals surface area contributed by atoms with Gasteiger partial charge in [-0.15, -0.1) is 5.10 Å². The minimum atomic E-state index is -0.376. The van der Waals surface area contributed by atoms with E-state index < -0.39 is 0 Å². The number of rotatable bonds is 4. The molecule has 1 aromatic carbocycles.